The molecular formula is C15H17ClN2O2. The minimum atomic E-state index is -0.276. The van der Waals surface area contributed by atoms with Gasteiger partial charge in [0.2, 0.25) is 0 Å². The van der Waals surface area contributed by atoms with Crippen LogP contribution in [-0.2, 0) is 0 Å². The standard InChI is InChI=1S/C15H17ClN2O2/c1-2-19-14-6-11(8-18-9-14)15(17)10-20-13-5-3-4-12(16)7-13/h3-9,15H,2,10,17H2,1H3. The maximum atomic E-state index is 6.09. The Morgan fingerprint density at radius 3 is 2.80 bits per heavy atom. The first-order valence-electron chi connectivity index (χ1n) is 6.40. The van der Waals surface area contributed by atoms with Crippen LogP contribution in [0.5, 0.6) is 11.5 Å². The predicted octanol–water partition coefficient (Wildman–Crippen LogP) is 3.21. The van der Waals surface area contributed by atoms with E-state index in [0.29, 0.717) is 29.7 Å². The lowest BCUT2D eigenvalue weighted by atomic mass is 10.1. The summed E-state index contributed by atoms with van der Waals surface area (Å²) in [5, 5.41) is 0.635. The Kier molecular flexibility index (Phi) is 5.21. The molecule has 2 N–H and O–H groups in total. The first-order chi connectivity index (χ1) is 9.69. The molecule has 20 heavy (non-hydrogen) atoms. The average Bonchev–Trinajstić information content (AvgIpc) is 2.45. The molecule has 0 saturated heterocycles. The zero-order valence-electron chi connectivity index (χ0n) is 11.3. The maximum absolute atomic E-state index is 6.09. The van der Waals surface area contributed by atoms with E-state index in [4.69, 9.17) is 26.8 Å². The summed E-state index contributed by atoms with van der Waals surface area (Å²) >= 11 is 5.89. The number of benzene rings is 1. The molecular weight excluding hydrogens is 276 g/mol. The third-order valence-electron chi connectivity index (χ3n) is 2.70. The number of ether oxygens (including phenoxy) is 2. The Morgan fingerprint density at radius 2 is 2.05 bits per heavy atom. The molecule has 1 heterocycles. The summed E-state index contributed by atoms with van der Waals surface area (Å²) in [4.78, 5) is 4.11. The van der Waals surface area contributed by atoms with Crippen molar-refractivity contribution in [3.63, 3.8) is 0 Å². The second-order valence-electron chi connectivity index (χ2n) is 4.26. The SMILES string of the molecule is CCOc1cncc(C(N)COc2cccc(Cl)c2)c1. The molecule has 0 saturated carbocycles. The number of aromatic nitrogens is 1. The molecule has 1 aromatic carbocycles. The summed E-state index contributed by atoms with van der Waals surface area (Å²) < 4.78 is 11.0. The van der Waals surface area contributed by atoms with Gasteiger partial charge < -0.3 is 15.2 Å². The van der Waals surface area contributed by atoms with Gasteiger partial charge in [-0.25, -0.2) is 0 Å². The maximum Gasteiger partial charge on any atom is 0.137 e. The van der Waals surface area contributed by atoms with Crippen LogP contribution in [0.2, 0.25) is 5.02 Å². The van der Waals surface area contributed by atoms with Crippen molar-refractivity contribution in [1.82, 2.24) is 4.98 Å². The molecule has 0 aliphatic carbocycles. The van der Waals surface area contributed by atoms with Crippen molar-refractivity contribution in [1.29, 1.82) is 0 Å². The first-order valence-corrected chi connectivity index (χ1v) is 6.78. The fourth-order valence-electron chi connectivity index (χ4n) is 1.72. The van der Waals surface area contributed by atoms with Crippen LogP contribution in [0.25, 0.3) is 0 Å². The first kappa shape index (κ1) is 14.6. The minimum absolute atomic E-state index is 0.276. The van der Waals surface area contributed by atoms with Gasteiger partial charge in [-0.1, -0.05) is 17.7 Å². The highest BCUT2D eigenvalue weighted by Gasteiger charge is 2.09. The average molecular weight is 293 g/mol. The Labute approximate surface area is 123 Å². The Balaban J connectivity index is 1.97. The summed E-state index contributed by atoms with van der Waals surface area (Å²) in [6, 6.07) is 8.82. The van der Waals surface area contributed by atoms with E-state index in [-0.39, 0.29) is 6.04 Å². The molecule has 0 spiro atoms. The monoisotopic (exact) mass is 292 g/mol. The highest BCUT2D eigenvalue weighted by molar-refractivity contribution is 6.30. The molecule has 106 valence electrons. The molecule has 1 atom stereocenters. The van der Waals surface area contributed by atoms with E-state index in [0.717, 1.165) is 5.56 Å². The molecule has 0 bridgehead atoms. The van der Waals surface area contributed by atoms with Crippen LogP contribution in [-0.4, -0.2) is 18.2 Å². The summed E-state index contributed by atoms with van der Waals surface area (Å²) in [5.41, 5.74) is 6.97. The Hall–Kier alpha value is -1.78. The number of pyridine rings is 1. The van der Waals surface area contributed by atoms with Crippen molar-refractivity contribution < 1.29 is 9.47 Å². The summed E-state index contributed by atoms with van der Waals surface area (Å²) in [6.07, 6.45) is 3.38. The fourth-order valence-corrected chi connectivity index (χ4v) is 1.90. The van der Waals surface area contributed by atoms with Gasteiger partial charge in [-0.2, -0.15) is 0 Å². The molecule has 0 aliphatic heterocycles. The van der Waals surface area contributed by atoms with Gasteiger partial charge in [0, 0.05) is 11.2 Å². The topological polar surface area (TPSA) is 57.4 Å². The zero-order valence-corrected chi connectivity index (χ0v) is 12.0. The van der Waals surface area contributed by atoms with Crippen LogP contribution in [0, 0.1) is 0 Å². The second kappa shape index (κ2) is 7.12. The molecule has 4 nitrogen and oxygen atoms in total. The van der Waals surface area contributed by atoms with Gasteiger partial charge in [0.05, 0.1) is 18.8 Å². The highest BCUT2D eigenvalue weighted by atomic mass is 35.5. The molecule has 1 unspecified atom stereocenters. The van der Waals surface area contributed by atoms with Gasteiger partial charge in [0.25, 0.3) is 0 Å². The van der Waals surface area contributed by atoms with E-state index in [1.54, 1.807) is 24.5 Å². The molecule has 2 aromatic rings. The normalized spacial score (nSPS) is 11.9. The number of nitrogens with two attached hydrogens (primary N) is 1. The number of hydrogen-bond donors (Lipinski definition) is 1. The molecule has 0 amide bonds. The predicted molar refractivity (Wildman–Crippen MR) is 79.3 cm³/mol. The number of halogens is 1. The molecule has 0 aliphatic rings. The number of nitrogens with zero attached hydrogens (tertiary/aromatic N) is 1. The number of hydrogen-bond acceptors (Lipinski definition) is 4. The van der Waals surface area contributed by atoms with Gasteiger partial charge in [0.1, 0.15) is 18.1 Å². The summed E-state index contributed by atoms with van der Waals surface area (Å²) in [6.45, 7) is 2.87. The molecule has 5 heteroatoms. The molecule has 0 radical (unpaired) electrons. The van der Waals surface area contributed by atoms with Gasteiger partial charge in [-0.15, -0.1) is 0 Å². The van der Waals surface area contributed by atoms with Gasteiger partial charge >= 0.3 is 0 Å². The third-order valence-corrected chi connectivity index (χ3v) is 2.93. The van der Waals surface area contributed by atoms with Crippen LogP contribution < -0.4 is 15.2 Å². The lowest BCUT2D eigenvalue weighted by Crippen LogP contribution is -2.19. The van der Waals surface area contributed by atoms with E-state index < -0.39 is 0 Å². The van der Waals surface area contributed by atoms with Crippen molar-refractivity contribution in [3.05, 3.63) is 53.3 Å². The number of rotatable bonds is 6. The van der Waals surface area contributed by atoms with Crippen molar-refractivity contribution in [2.24, 2.45) is 5.73 Å². The van der Waals surface area contributed by atoms with Crippen molar-refractivity contribution in [3.8, 4) is 11.5 Å². The second-order valence-corrected chi connectivity index (χ2v) is 4.70. The lowest BCUT2D eigenvalue weighted by Gasteiger charge is -2.14. The Morgan fingerprint density at radius 1 is 1.20 bits per heavy atom. The van der Waals surface area contributed by atoms with Crippen LogP contribution in [0.15, 0.2) is 42.7 Å². The Bertz CT molecular complexity index is 563. The van der Waals surface area contributed by atoms with E-state index in [1.165, 1.54) is 0 Å². The van der Waals surface area contributed by atoms with E-state index >= 15 is 0 Å². The molecule has 1 aromatic heterocycles. The van der Waals surface area contributed by atoms with Gasteiger partial charge in [0.15, 0.2) is 0 Å². The van der Waals surface area contributed by atoms with E-state index in [2.05, 4.69) is 4.98 Å². The van der Waals surface area contributed by atoms with Crippen LogP contribution in [0.3, 0.4) is 0 Å². The summed E-state index contributed by atoms with van der Waals surface area (Å²) in [7, 11) is 0. The van der Waals surface area contributed by atoms with Gasteiger partial charge in [-0.05, 0) is 36.8 Å². The van der Waals surface area contributed by atoms with Gasteiger partial charge in [-0.3, -0.25) is 4.98 Å². The molecule has 0 fully saturated rings. The fraction of sp³-hybridized carbons (Fsp3) is 0.267. The quantitative estimate of drug-likeness (QED) is 0.888. The van der Waals surface area contributed by atoms with Crippen molar-refractivity contribution in [2.75, 3.05) is 13.2 Å². The van der Waals surface area contributed by atoms with Crippen molar-refractivity contribution >= 4 is 11.6 Å². The highest BCUT2D eigenvalue weighted by Crippen LogP contribution is 2.20. The van der Waals surface area contributed by atoms with E-state index in [1.807, 2.05) is 25.1 Å². The smallest absolute Gasteiger partial charge is 0.137 e. The molecule has 2 rings (SSSR count). The van der Waals surface area contributed by atoms with Crippen LogP contribution in [0.4, 0.5) is 0 Å². The zero-order chi connectivity index (χ0) is 14.4. The van der Waals surface area contributed by atoms with Crippen molar-refractivity contribution in [2.45, 2.75) is 13.0 Å². The largest absolute Gasteiger partial charge is 0.492 e. The third kappa shape index (κ3) is 4.11. The van der Waals surface area contributed by atoms with Crippen LogP contribution >= 0.6 is 11.6 Å². The van der Waals surface area contributed by atoms with E-state index in [9.17, 15) is 0 Å². The van der Waals surface area contributed by atoms with Crippen LogP contribution in [0.1, 0.15) is 18.5 Å². The minimum Gasteiger partial charge on any atom is -0.492 e. The lowest BCUT2D eigenvalue weighted by molar-refractivity contribution is 0.289. The summed E-state index contributed by atoms with van der Waals surface area (Å²) in [5.74, 6) is 1.41.